The van der Waals surface area contributed by atoms with Gasteiger partial charge in [-0.1, -0.05) is 39.8 Å². The van der Waals surface area contributed by atoms with Gasteiger partial charge in [0.1, 0.15) is 12.7 Å². The highest BCUT2D eigenvalue weighted by molar-refractivity contribution is 5.78. The van der Waals surface area contributed by atoms with Crippen molar-refractivity contribution in [3.63, 3.8) is 0 Å². The number of fused-ring (bicyclic) bond motifs is 7. The lowest BCUT2D eigenvalue weighted by Crippen LogP contribution is -2.68. The lowest BCUT2D eigenvalue weighted by Gasteiger charge is -2.72. The molecule has 0 radical (unpaired) electrons. The van der Waals surface area contributed by atoms with E-state index in [0.717, 1.165) is 64.2 Å². The Morgan fingerprint density at radius 3 is 2.09 bits per heavy atom. The zero-order chi connectivity index (χ0) is 31.8. The first-order valence-electron chi connectivity index (χ1n) is 17.1. The normalized spacial score (nSPS) is 46.9. The zero-order valence-electron chi connectivity index (χ0n) is 28.5. The van der Waals surface area contributed by atoms with Crippen molar-refractivity contribution in [2.45, 2.75) is 139 Å². The maximum Gasteiger partial charge on any atom is 0.312 e. The Balaban J connectivity index is 1.52. The van der Waals surface area contributed by atoms with Crippen LogP contribution in [0.3, 0.4) is 0 Å². The molecule has 6 nitrogen and oxygen atoms in total. The van der Waals surface area contributed by atoms with Crippen LogP contribution in [0, 0.1) is 56.7 Å². The summed E-state index contributed by atoms with van der Waals surface area (Å²) in [6.07, 6.45) is 9.74. The summed E-state index contributed by atoms with van der Waals surface area (Å²) >= 11 is 0. The maximum absolute atomic E-state index is 13.9. The first kappa shape index (κ1) is 32.5. The van der Waals surface area contributed by atoms with Gasteiger partial charge in [0.05, 0.1) is 11.5 Å². The maximum atomic E-state index is 13.9. The third-order valence-electron chi connectivity index (χ3n) is 14.5. The van der Waals surface area contributed by atoms with Gasteiger partial charge in [-0.3, -0.25) is 14.4 Å². The molecule has 0 amide bonds. The van der Waals surface area contributed by atoms with Gasteiger partial charge in [-0.05, 0) is 131 Å². The fourth-order valence-electron chi connectivity index (χ4n) is 12.5. The fourth-order valence-corrected chi connectivity index (χ4v) is 12.5. The fraction of sp³-hybridized carbons (Fsp3) is 0.865. The summed E-state index contributed by atoms with van der Waals surface area (Å²) in [5, 5.41) is 0. The number of carbonyl (C=O) groups is 3. The summed E-state index contributed by atoms with van der Waals surface area (Å²) in [5.74, 6) is 1.39. The van der Waals surface area contributed by atoms with Gasteiger partial charge in [0.15, 0.2) is 0 Å². The first-order valence-corrected chi connectivity index (χ1v) is 17.1. The Hall–Kier alpha value is -1.85. The molecule has 5 saturated carbocycles. The van der Waals surface area contributed by atoms with Gasteiger partial charge in [0.2, 0.25) is 0 Å². The van der Waals surface area contributed by atoms with Crippen LogP contribution in [-0.4, -0.2) is 36.7 Å². The Morgan fingerprint density at radius 1 is 0.791 bits per heavy atom. The minimum atomic E-state index is -0.428. The summed E-state index contributed by atoms with van der Waals surface area (Å²) in [6.45, 7) is 23.7. The molecule has 242 valence electrons. The number of carbonyl (C=O) groups excluding carboxylic acids is 3. The van der Waals surface area contributed by atoms with Gasteiger partial charge in [-0.15, -0.1) is 0 Å². The molecule has 43 heavy (non-hydrogen) atoms. The van der Waals surface area contributed by atoms with E-state index in [1.807, 2.05) is 13.8 Å². The molecular formula is C37H58O6. The molecule has 0 aliphatic heterocycles. The van der Waals surface area contributed by atoms with Crippen LogP contribution in [0.25, 0.3) is 0 Å². The van der Waals surface area contributed by atoms with Gasteiger partial charge >= 0.3 is 17.9 Å². The van der Waals surface area contributed by atoms with Crippen molar-refractivity contribution in [1.82, 2.24) is 0 Å². The van der Waals surface area contributed by atoms with Crippen molar-refractivity contribution in [3.8, 4) is 0 Å². The van der Waals surface area contributed by atoms with Crippen molar-refractivity contribution >= 4 is 17.9 Å². The Labute approximate surface area is 260 Å². The molecule has 5 aliphatic rings. The van der Waals surface area contributed by atoms with E-state index in [-0.39, 0.29) is 64.8 Å². The van der Waals surface area contributed by atoms with Crippen molar-refractivity contribution in [2.75, 3.05) is 6.61 Å². The molecule has 5 fully saturated rings. The average molecular weight is 599 g/mol. The van der Waals surface area contributed by atoms with Crippen LogP contribution >= 0.6 is 0 Å². The zero-order valence-corrected chi connectivity index (χ0v) is 28.5. The van der Waals surface area contributed by atoms with Crippen LogP contribution in [0.15, 0.2) is 12.2 Å². The van der Waals surface area contributed by atoms with Gasteiger partial charge in [-0.2, -0.15) is 0 Å². The van der Waals surface area contributed by atoms with Crippen LogP contribution in [0.2, 0.25) is 0 Å². The molecule has 0 bridgehead atoms. The SMILES string of the molecule is C=C(C)[C@@H]1CC[C@]2(C(=O)OC(C)C)CC[C@]3(C)[C@H](CC[C@@H]4[C@@]5(C)CC[C@H](OC(C)=O)[C@@](C)(COC(C)=O)[C@@H]5CC[C@]43C)[C@@H]12. The van der Waals surface area contributed by atoms with E-state index < -0.39 is 10.8 Å². The van der Waals surface area contributed by atoms with Crippen molar-refractivity contribution in [2.24, 2.45) is 56.7 Å². The number of rotatable bonds is 6. The van der Waals surface area contributed by atoms with Crippen molar-refractivity contribution in [1.29, 1.82) is 0 Å². The third-order valence-corrected chi connectivity index (χ3v) is 14.5. The highest BCUT2D eigenvalue weighted by atomic mass is 16.6. The number of allylic oxidation sites excluding steroid dienone is 1. The lowest BCUT2D eigenvalue weighted by atomic mass is 9.32. The molecule has 6 heteroatoms. The predicted octanol–water partition coefficient (Wildman–Crippen LogP) is 8.07. The minimum absolute atomic E-state index is 0.0336. The van der Waals surface area contributed by atoms with E-state index in [1.165, 1.54) is 19.4 Å². The number of esters is 3. The standard InChI is InChI=1S/C37H58O6/c1-22(2)26-13-18-37(32(40)42-23(3)4)20-19-35(9)27(31(26)37)11-12-29-33(7)16-15-30(43-25(6)39)34(8,21-41-24(5)38)28(33)14-17-36(29,35)10/h23,26-31H,1,11-21H2,2-10H3/t26-,27+,28+,29+,30-,31+,33-,34-,35+,36+,37-/m0/s1. The smallest absolute Gasteiger partial charge is 0.312 e. The second-order valence-corrected chi connectivity index (χ2v) is 16.7. The van der Waals surface area contributed by atoms with Gasteiger partial charge in [-0.25, -0.2) is 0 Å². The molecule has 0 heterocycles. The van der Waals surface area contributed by atoms with Crippen LogP contribution in [0.1, 0.15) is 127 Å². The molecular weight excluding hydrogens is 540 g/mol. The molecule has 5 rings (SSSR count). The monoisotopic (exact) mass is 598 g/mol. The molecule has 5 aliphatic carbocycles. The Bertz CT molecular complexity index is 1160. The largest absolute Gasteiger partial charge is 0.465 e. The number of ether oxygens (including phenoxy) is 3. The van der Waals surface area contributed by atoms with E-state index in [9.17, 15) is 14.4 Å². The van der Waals surface area contributed by atoms with Crippen LogP contribution in [0.4, 0.5) is 0 Å². The highest BCUT2D eigenvalue weighted by Gasteiger charge is 2.72. The second-order valence-electron chi connectivity index (χ2n) is 16.7. The molecule has 0 unspecified atom stereocenters. The summed E-state index contributed by atoms with van der Waals surface area (Å²) in [5.41, 5.74) is 0.666. The number of hydrogen-bond acceptors (Lipinski definition) is 6. The lowest BCUT2D eigenvalue weighted by molar-refractivity contribution is -0.258. The van der Waals surface area contributed by atoms with Gasteiger partial charge < -0.3 is 14.2 Å². The molecule has 0 aromatic carbocycles. The Morgan fingerprint density at radius 2 is 1.49 bits per heavy atom. The molecule has 0 spiro atoms. The molecule has 11 atom stereocenters. The highest BCUT2D eigenvalue weighted by Crippen LogP contribution is 2.77. The van der Waals surface area contributed by atoms with Gasteiger partial charge in [0.25, 0.3) is 0 Å². The minimum Gasteiger partial charge on any atom is -0.465 e. The molecule has 0 aromatic heterocycles. The first-order chi connectivity index (χ1) is 20.0. The van der Waals surface area contributed by atoms with E-state index >= 15 is 0 Å². The quantitative estimate of drug-likeness (QED) is 0.175. The van der Waals surface area contributed by atoms with Crippen molar-refractivity contribution < 1.29 is 28.6 Å². The molecule has 0 saturated heterocycles. The van der Waals surface area contributed by atoms with E-state index in [4.69, 9.17) is 14.2 Å². The summed E-state index contributed by atoms with van der Waals surface area (Å²) in [6, 6.07) is 0. The van der Waals surface area contributed by atoms with Gasteiger partial charge in [0, 0.05) is 19.3 Å². The van der Waals surface area contributed by atoms with Crippen molar-refractivity contribution in [3.05, 3.63) is 12.2 Å². The van der Waals surface area contributed by atoms with Crippen LogP contribution in [-0.2, 0) is 28.6 Å². The summed E-state index contributed by atoms with van der Waals surface area (Å²) < 4.78 is 17.7. The number of hydrogen-bond donors (Lipinski definition) is 0. The van der Waals surface area contributed by atoms with E-state index in [2.05, 4.69) is 41.2 Å². The molecule has 0 N–H and O–H groups in total. The molecule has 0 aromatic rings. The summed E-state index contributed by atoms with van der Waals surface area (Å²) in [4.78, 5) is 38.1. The van der Waals surface area contributed by atoms with Crippen LogP contribution in [0.5, 0.6) is 0 Å². The van der Waals surface area contributed by atoms with E-state index in [0.29, 0.717) is 17.8 Å². The summed E-state index contributed by atoms with van der Waals surface area (Å²) in [7, 11) is 0. The van der Waals surface area contributed by atoms with E-state index in [1.54, 1.807) is 0 Å². The second kappa shape index (κ2) is 10.9. The van der Waals surface area contributed by atoms with Crippen LogP contribution < -0.4 is 0 Å². The average Bonchev–Trinajstić information content (AvgIpc) is 3.31. The topological polar surface area (TPSA) is 78.9 Å². The Kier molecular flexibility index (Phi) is 8.25. The third kappa shape index (κ3) is 4.73. The predicted molar refractivity (Wildman–Crippen MR) is 167 cm³/mol.